The van der Waals surface area contributed by atoms with Gasteiger partial charge < -0.3 is 16.4 Å². The van der Waals surface area contributed by atoms with Crippen LogP contribution in [-0.4, -0.2) is 54.5 Å². The first-order valence-corrected chi connectivity index (χ1v) is 6.47. The van der Waals surface area contributed by atoms with Crippen molar-refractivity contribution in [3.63, 3.8) is 0 Å². The van der Waals surface area contributed by atoms with E-state index < -0.39 is 0 Å². The summed E-state index contributed by atoms with van der Waals surface area (Å²) in [5.74, 6) is 0. The maximum atomic E-state index is 5.86. The molecular weight excluding hydrogens is 244 g/mol. The summed E-state index contributed by atoms with van der Waals surface area (Å²) in [5, 5.41) is 7.82. The number of rotatable bonds is 3. The Bertz CT molecular complexity index is 560. The average molecular weight is 262 g/mol. The molecule has 19 heavy (non-hydrogen) atoms. The summed E-state index contributed by atoms with van der Waals surface area (Å²) < 4.78 is 4.80. The van der Waals surface area contributed by atoms with Crippen LogP contribution >= 0.6 is 0 Å². The number of nitrogen functional groups attached to an aromatic ring is 1. The Morgan fingerprint density at radius 3 is 2.58 bits per heavy atom. The molecule has 1 saturated heterocycles. The molecular formula is C12H18N6O. The van der Waals surface area contributed by atoms with Crippen molar-refractivity contribution in [2.75, 3.05) is 49.9 Å². The molecule has 1 aromatic heterocycles. The van der Waals surface area contributed by atoms with E-state index in [1.54, 1.807) is 0 Å². The quantitative estimate of drug-likeness (QED) is 0.744. The van der Waals surface area contributed by atoms with Gasteiger partial charge in [0.05, 0.1) is 11.4 Å². The number of hydrogen-bond donors (Lipinski definition) is 2. The van der Waals surface area contributed by atoms with Gasteiger partial charge in [-0.25, -0.2) is 4.63 Å². The minimum absolute atomic E-state index is 0.599. The summed E-state index contributed by atoms with van der Waals surface area (Å²) in [4.78, 5) is 4.66. The Kier molecular flexibility index (Phi) is 3.22. The van der Waals surface area contributed by atoms with Gasteiger partial charge in [-0.2, -0.15) is 0 Å². The molecule has 1 aromatic carbocycles. The van der Waals surface area contributed by atoms with Gasteiger partial charge in [-0.05, 0) is 22.4 Å². The van der Waals surface area contributed by atoms with Crippen LogP contribution in [0.5, 0.6) is 0 Å². The zero-order valence-corrected chi connectivity index (χ0v) is 10.7. The largest absolute Gasteiger partial charge is 0.397 e. The van der Waals surface area contributed by atoms with E-state index in [0.29, 0.717) is 17.7 Å². The third-order valence-corrected chi connectivity index (χ3v) is 3.58. The molecule has 0 saturated carbocycles. The summed E-state index contributed by atoms with van der Waals surface area (Å²) in [7, 11) is 0. The van der Waals surface area contributed by atoms with Crippen molar-refractivity contribution < 1.29 is 4.63 Å². The minimum Gasteiger partial charge on any atom is -0.397 e. The Morgan fingerprint density at radius 1 is 1.11 bits per heavy atom. The predicted octanol–water partition coefficient (Wildman–Crippen LogP) is -0.114. The summed E-state index contributed by atoms with van der Waals surface area (Å²) in [5.41, 5.74) is 14.5. The molecule has 0 bridgehead atoms. The van der Waals surface area contributed by atoms with E-state index in [1.165, 1.54) is 0 Å². The number of anilines is 2. The molecule has 0 atom stereocenters. The molecule has 0 aliphatic carbocycles. The third kappa shape index (κ3) is 2.22. The van der Waals surface area contributed by atoms with E-state index >= 15 is 0 Å². The van der Waals surface area contributed by atoms with Crippen molar-refractivity contribution in [2.45, 2.75) is 0 Å². The highest BCUT2D eigenvalue weighted by Crippen LogP contribution is 2.28. The second-order valence-electron chi connectivity index (χ2n) is 4.75. The van der Waals surface area contributed by atoms with Crippen LogP contribution in [0.2, 0.25) is 0 Å². The number of piperazine rings is 1. The van der Waals surface area contributed by atoms with Gasteiger partial charge in [0, 0.05) is 39.3 Å². The zero-order valence-electron chi connectivity index (χ0n) is 10.7. The standard InChI is InChI=1S/C12H18N6O/c13-3-4-17-5-7-18(8-6-17)10-2-1-9(14)11-12(10)16-19-15-11/h1-2H,3-8,13-14H2. The Morgan fingerprint density at radius 2 is 1.84 bits per heavy atom. The summed E-state index contributed by atoms with van der Waals surface area (Å²) in [6.07, 6.45) is 0. The predicted molar refractivity (Wildman–Crippen MR) is 73.9 cm³/mol. The second-order valence-corrected chi connectivity index (χ2v) is 4.75. The van der Waals surface area contributed by atoms with Gasteiger partial charge in [0.1, 0.15) is 0 Å². The molecule has 102 valence electrons. The fourth-order valence-corrected chi connectivity index (χ4v) is 2.52. The Hall–Kier alpha value is -1.86. The van der Waals surface area contributed by atoms with Crippen molar-refractivity contribution in [3.8, 4) is 0 Å². The molecule has 1 fully saturated rings. The van der Waals surface area contributed by atoms with E-state index in [-0.39, 0.29) is 0 Å². The fraction of sp³-hybridized carbons (Fsp3) is 0.500. The normalized spacial score (nSPS) is 17.2. The van der Waals surface area contributed by atoms with Crippen LogP contribution in [0, 0.1) is 0 Å². The van der Waals surface area contributed by atoms with Crippen molar-refractivity contribution in [3.05, 3.63) is 12.1 Å². The van der Waals surface area contributed by atoms with Crippen LogP contribution in [0.25, 0.3) is 11.0 Å². The lowest BCUT2D eigenvalue weighted by Gasteiger charge is -2.35. The molecule has 7 heteroatoms. The summed E-state index contributed by atoms with van der Waals surface area (Å²) >= 11 is 0. The molecule has 2 heterocycles. The third-order valence-electron chi connectivity index (χ3n) is 3.58. The lowest BCUT2D eigenvalue weighted by atomic mass is 10.2. The molecule has 4 N–H and O–H groups in total. The number of fused-ring (bicyclic) bond motifs is 1. The monoisotopic (exact) mass is 262 g/mol. The first-order chi connectivity index (χ1) is 9.29. The van der Waals surface area contributed by atoms with Crippen LogP contribution in [0.1, 0.15) is 0 Å². The Labute approximate surface area is 111 Å². The molecule has 1 aliphatic heterocycles. The zero-order chi connectivity index (χ0) is 13.2. The number of aromatic nitrogens is 2. The highest BCUT2D eigenvalue weighted by atomic mass is 16.6. The van der Waals surface area contributed by atoms with Gasteiger partial charge in [-0.1, -0.05) is 0 Å². The van der Waals surface area contributed by atoms with Crippen molar-refractivity contribution >= 4 is 22.4 Å². The van der Waals surface area contributed by atoms with Crippen LogP contribution in [-0.2, 0) is 0 Å². The van der Waals surface area contributed by atoms with Crippen molar-refractivity contribution in [1.29, 1.82) is 0 Å². The lowest BCUT2D eigenvalue weighted by Crippen LogP contribution is -2.47. The molecule has 0 amide bonds. The van der Waals surface area contributed by atoms with Gasteiger partial charge in [-0.3, -0.25) is 4.90 Å². The SMILES string of the molecule is NCCN1CCN(c2ccc(N)c3nonc23)CC1. The maximum Gasteiger partial charge on any atom is 0.160 e. The molecule has 1 aliphatic rings. The summed E-state index contributed by atoms with van der Waals surface area (Å²) in [6, 6.07) is 3.84. The lowest BCUT2D eigenvalue weighted by molar-refractivity contribution is 0.265. The van der Waals surface area contributed by atoms with Crippen LogP contribution in [0.15, 0.2) is 16.8 Å². The fourth-order valence-electron chi connectivity index (χ4n) is 2.52. The first kappa shape index (κ1) is 12.2. The topological polar surface area (TPSA) is 97.4 Å². The number of hydrogen-bond acceptors (Lipinski definition) is 7. The van der Waals surface area contributed by atoms with E-state index in [4.69, 9.17) is 16.1 Å². The van der Waals surface area contributed by atoms with Crippen LogP contribution < -0.4 is 16.4 Å². The molecule has 2 aromatic rings. The number of benzene rings is 1. The van der Waals surface area contributed by atoms with Gasteiger partial charge in [0.25, 0.3) is 0 Å². The maximum absolute atomic E-state index is 5.86. The van der Waals surface area contributed by atoms with Crippen LogP contribution in [0.3, 0.4) is 0 Å². The first-order valence-electron chi connectivity index (χ1n) is 6.47. The van der Waals surface area contributed by atoms with Crippen molar-refractivity contribution in [1.82, 2.24) is 15.2 Å². The van der Waals surface area contributed by atoms with Gasteiger partial charge >= 0.3 is 0 Å². The van der Waals surface area contributed by atoms with Gasteiger partial charge in [0.15, 0.2) is 11.0 Å². The number of nitrogens with zero attached hydrogens (tertiary/aromatic N) is 4. The molecule has 7 nitrogen and oxygen atoms in total. The molecule has 0 unspecified atom stereocenters. The Balaban J connectivity index is 1.82. The van der Waals surface area contributed by atoms with Crippen molar-refractivity contribution in [2.24, 2.45) is 5.73 Å². The van der Waals surface area contributed by atoms with E-state index in [1.807, 2.05) is 12.1 Å². The molecule has 0 spiro atoms. The molecule has 3 rings (SSSR count). The average Bonchev–Trinajstić information content (AvgIpc) is 2.91. The minimum atomic E-state index is 0.599. The summed E-state index contributed by atoms with van der Waals surface area (Å²) in [6.45, 7) is 5.58. The molecule has 0 radical (unpaired) electrons. The van der Waals surface area contributed by atoms with E-state index in [2.05, 4.69) is 20.1 Å². The van der Waals surface area contributed by atoms with E-state index in [0.717, 1.165) is 43.9 Å². The van der Waals surface area contributed by atoms with Gasteiger partial charge in [-0.15, -0.1) is 0 Å². The highest BCUT2D eigenvalue weighted by Gasteiger charge is 2.20. The smallest absolute Gasteiger partial charge is 0.160 e. The highest BCUT2D eigenvalue weighted by molar-refractivity contribution is 5.95. The van der Waals surface area contributed by atoms with E-state index in [9.17, 15) is 0 Å². The van der Waals surface area contributed by atoms with Gasteiger partial charge in [0.2, 0.25) is 0 Å². The second kappa shape index (κ2) is 5.02. The number of nitrogens with two attached hydrogens (primary N) is 2. The van der Waals surface area contributed by atoms with Crippen LogP contribution in [0.4, 0.5) is 11.4 Å².